The lowest BCUT2D eigenvalue weighted by atomic mass is 10.0. The van der Waals surface area contributed by atoms with Crippen molar-refractivity contribution in [2.24, 2.45) is 0 Å². The standard InChI is InChI=1S/C14H20FN3O/c1-9(16-3)13-11(15)5-4-6-12(13)18-8-7-17-14(19)10(18)2/h4-6,9-10,16H,7-8H2,1-3H3,(H,17,19). The minimum absolute atomic E-state index is 0.0152. The van der Waals surface area contributed by atoms with Gasteiger partial charge in [-0.05, 0) is 33.0 Å². The van der Waals surface area contributed by atoms with E-state index in [9.17, 15) is 9.18 Å². The molecule has 0 saturated carbocycles. The number of anilines is 1. The summed E-state index contributed by atoms with van der Waals surface area (Å²) in [4.78, 5) is 13.7. The number of halogens is 1. The summed E-state index contributed by atoms with van der Waals surface area (Å²) < 4.78 is 14.1. The van der Waals surface area contributed by atoms with E-state index in [0.717, 1.165) is 5.69 Å². The summed E-state index contributed by atoms with van der Waals surface area (Å²) in [5, 5.41) is 5.88. The van der Waals surface area contributed by atoms with Gasteiger partial charge in [-0.15, -0.1) is 0 Å². The van der Waals surface area contributed by atoms with E-state index >= 15 is 0 Å². The van der Waals surface area contributed by atoms with E-state index in [0.29, 0.717) is 18.7 Å². The zero-order valence-electron chi connectivity index (χ0n) is 11.5. The van der Waals surface area contributed by atoms with Crippen LogP contribution >= 0.6 is 0 Å². The molecule has 2 atom stereocenters. The van der Waals surface area contributed by atoms with Crippen molar-refractivity contribution in [1.29, 1.82) is 0 Å². The van der Waals surface area contributed by atoms with Crippen LogP contribution in [0.3, 0.4) is 0 Å². The Kier molecular flexibility index (Phi) is 4.04. The molecule has 0 spiro atoms. The van der Waals surface area contributed by atoms with Crippen molar-refractivity contribution in [3.8, 4) is 0 Å². The second-order valence-corrected chi connectivity index (χ2v) is 4.84. The van der Waals surface area contributed by atoms with Gasteiger partial charge in [-0.3, -0.25) is 4.79 Å². The Hall–Kier alpha value is -1.62. The summed E-state index contributed by atoms with van der Waals surface area (Å²) in [6.45, 7) is 5.04. The van der Waals surface area contributed by atoms with Gasteiger partial charge in [-0.1, -0.05) is 6.07 Å². The maximum absolute atomic E-state index is 14.1. The smallest absolute Gasteiger partial charge is 0.242 e. The zero-order chi connectivity index (χ0) is 14.0. The molecule has 1 fully saturated rings. The predicted molar refractivity (Wildman–Crippen MR) is 73.7 cm³/mol. The normalized spacial score (nSPS) is 21.2. The van der Waals surface area contributed by atoms with Gasteiger partial charge >= 0.3 is 0 Å². The molecule has 4 nitrogen and oxygen atoms in total. The van der Waals surface area contributed by atoms with E-state index in [2.05, 4.69) is 10.6 Å². The lowest BCUT2D eigenvalue weighted by Crippen LogP contribution is -2.54. The molecule has 0 aromatic heterocycles. The molecule has 2 N–H and O–H groups in total. The minimum Gasteiger partial charge on any atom is -0.358 e. The summed E-state index contributed by atoms with van der Waals surface area (Å²) in [6, 6.07) is 4.64. The van der Waals surface area contributed by atoms with Crippen LogP contribution in [-0.4, -0.2) is 32.1 Å². The number of benzene rings is 1. The minimum atomic E-state index is -0.279. The van der Waals surface area contributed by atoms with Crippen LogP contribution in [-0.2, 0) is 4.79 Å². The Balaban J connectivity index is 2.44. The van der Waals surface area contributed by atoms with Gasteiger partial charge in [0.2, 0.25) is 5.91 Å². The fourth-order valence-corrected chi connectivity index (χ4v) is 2.46. The third-order valence-corrected chi connectivity index (χ3v) is 3.70. The van der Waals surface area contributed by atoms with Crippen LogP contribution < -0.4 is 15.5 Å². The van der Waals surface area contributed by atoms with E-state index in [1.807, 2.05) is 24.8 Å². The van der Waals surface area contributed by atoms with Crippen molar-refractivity contribution in [2.75, 3.05) is 25.0 Å². The molecule has 1 aliphatic rings. The Bertz CT molecular complexity index is 478. The van der Waals surface area contributed by atoms with Gasteiger partial charge in [-0.2, -0.15) is 0 Å². The highest BCUT2D eigenvalue weighted by atomic mass is 19.1. The van der Waals surface area contributed by atoms with E-state index in [1.165, 1.54) is 6.07 Å². The number of nitrogens with zero attached hydrogens (tertiary/aromatic N) is 1. The first-order chi connectivity index (χ1) is 9.06. The number of carbonyl (C=O) groups is 1. The highest BCUT2D eigenvalue weighted by molar-refractivity contribution is 5.86. The van der Waals surface area contributed by atoms with Crippen LogP contribution in [0.4, 0.5) is 10.1 Å². The predicted octanol–water partition coefficient (Wildman–Crippen LogP) is 1.43. The Morgan fingerprint density at radius 1 is 1.53 bits per heavy atom. The highest BCUT2D eigenvalue weighted by Gasteiger charge is 2.28. The Labute approximate surface area is 113 Å². The van der Waals surface area contributed by atoms with Gasteiger partial charge in [0.25, 0.3) is 0 Å². The second kappa shape index (κ2) is 5.57. The molecule has 5 heteroatoms. The van der Waals surface area contributed by atoms with Crippen molar-refractivity contribution in [2.45, 2.75) is 25.9 Å². The number of hydrogen-bond donors (Lipinski definition) is 2. The molecular formula is C14H20FN3O. The van der Waals surface area contributed by atoms with Crippen molar-refractivity contribution in [1.82, 2.24) is 10.6 Å². The molecule has 1 amide bonds. The van der Waals surface area contributed by atoms with Gasteiger partial charge in [0.05, 0.1) is 0 Å². The number of carbonyl (C=O) groups excluding carboxylic acids is 1. The molecule has 0 bridgehead atoms. The third-order valence-electron chi connectivity index (χ3n) is 3.70. The van der Waals surface area contributed by atoms with Crippen LogP contribution in [0, 0.1) is 5.82 Å². The molecule has 2 rings (SSSR count). The van der Waals surface area contributed by atoms with E-state index in [4.69, 9.17) is 0 Å². The first-order valence-corrected chi connectivity index (χ1v) is 6.56. The topological polar surface area (TPSA) is 44.4 Å². The summed E-state index contributed by atoms with van der Waals surface area (Å²) >= 11 is 0. The molecule has 1 heterocycles. The second-order valence-electron chi connectivity index (χ2n) is 4.84. The average molecular weight is 265 g/mol. The van der Waals surface area contributed by atoms with Crippen LogP contribution in [0.2, 0.25) is 0 Å². The maximum Gasteiger partial charge on any atom is 0.242 e. The third kappa shape index (κ3) is 2.56. The van der Waals surface area contributed by atoms with Crippen molar-refractivity contribution >= 4 is 11.6 Å². The zero-order valence-corrected chi connectivity index (χ0v) is 11.5. The van der Waals surface area contributed by atoms with E-state index in [-0.39, 0.29) is 23.8 Å². The van der Waals surface area contributed by atoms with Crippen LogP contribution in [0.15, 0.2) is 18.2 Å². The van der Waals surface area contributed by atoms with Gasteiger partial charge in [-0.25, -0.2) is 4.39 Å². The molecule has 2 unspecified atom stereocenters. The molecule has 104 valence electrons. The SMILES string of the molecule is CNC(C)c1c(F)cccc1N1CCNC(=O)C1C. The van der Waals surface area contributed by atoms with Crippen LogP contribution in [0.1, 0.15) is 25.5 Å². The Morgan fingerprint density at radius 3 is 2.95 bits per heavy atom. The number of rotatable bonds is 3. The molecule has 19 heavy (non-hydrogen) atoms. The van der Waals surface area contributed by atoms with Gasteiger partial charge in [0.1, 0.15) is 11.9 Å². The lowest BCUT2D eigenvalue weighted by molar-refractivity contribution is -0.122. The molecule has 1 saturated heterocycles. The maximum atomic E-state index is 14.1. The molecule has 0 aliphatic carbocycles. The monoisotopic (exact) mass is 265 g/mol. The molecule has 1 aliphatic heterocycles. The first-order valence-electron chi connectivity index (χ1n) is 6.56. The summed E-state index contributed by atoms with van der Waals surface area (Å²) in [5.74, 6) is -0.254. The summed E-state index contributed by atoms with van der Waals surface area (Å²) in [5.41, 5.74) is 1.41. The van der Waals surface area contributed by atoms with Gasteiger partial charge in [0, 0.05) is 30.4 Å². The molecule has 0 radical (unpaired) electrons. The van der Waals surface area contributed by atoms with Crippen molar-refractivity contribution in [3.63, 3.8) is 0 Å². The summed E-state index contributed by atoms with van der Waals surface area (Å²) in [6.07, 6.45) is 0. The van der Waals surface area contributed by atoms with Crippen LogP contribution in [0.5, 0.6) is 0 Å². The largest absolute Gasteiger partial charge is 0.358 e. The fourth-order valence-electron chi connectivity index (χ4n) is 2.46. The van der Waals surface area contributed by atoms with E-state index in [1.54, 1.807) is 13.1 Å². The lowest BCUT2D eigenvalue weighted by Gasteiger charge is -2.36. The number of piperazine rings is 1. The number of hydrogen-bond acceptors (Lipinski definition) is 3. The van der Waals surface area contributed by atoms with E-state index < -0.39 is 0 Å². The average Bonchev–Trinajstić information content (AvgIpc) is 2.41. The first kappa shape index (κ1) is 13.8. The summed E-state index contributed by atoms with van der Waals surface area (Å²) in [7, 11) is 1.80. The highest BCUT2D eigenvalue weighted by Crippen LogP contribution is 2.30. The van der Waals surface area contributed by atoms with Crippen LogP contribution in [0.25, 0.3) is 0 Å². The Morgan fingerprint density at radius 2 is 2.26 bits per heavy atom. The van der Waals surface area contributed by atoms with Gasteiger partial charge in [0.15, 0.2) is 0 Å². The number of nitrogens with one attached hydrogen (secondary N) is 2. The fraction of sp³-hybridized carbons (Fsp3) is 0.500. The molecular weight excluding hydrogens is 245 g/mol. The molecule has 1 aromatic rings. The van der Waals surface area contributed by atoms with Gasteiger partial charge < -0.3 is 15.5 Å². The van der Waals surface area contributed by atoms with Crippen molar-refractivity contribution in [3.05, 3.63) is 29.6 Å². The van der Waals surface area contributed by atoms with Crippen molar-refractivity contribution < 1.29 is 9.18 Å². The number of amides is 1. The molecule has 1 aromatic carbocycles. The quantitative estimate of drug-likeness (QED) is 0.869.